The Balaban J connectivity index is 0.00000273. The summed E-state index contributed by atoms with van der Waals surface area (Å²) in [6.07, 6.45) is 13.7. The zero-order chi connectivity index (χ0) is 52.2. The Morgan fingerprint density at radius 3 is 1.37 bits per heavy atom. The second-order valence-electron chi connectivity index (χ2n) is 20.9. The maximum atomic E-state index is 2.49. The van der Waals surface area contributed by atoms with Gasteiger partial charge in [-0.3, -0.25) is 0 Å². The van der Waals surface area contributed by atoms with Crippen LogP contribution in [0.4, 0.5) is 17.1 Å². The third-order valence-corrected chi connectivity index (χ3v) is 18.2. The zero-order valence-corrected chi connectivity index (χ0v) is 45.0. The zero-order valence-electron chi connectivity index (χ0n) is 44.2. The van der Waals surface area contributed by atoms with E-state index in [1.807, 2.05) is 25.2 Å². The highest BCUT2D eigenvalue weighted by molar-refractivity contribution is 7.20. The van der Waals surface area contributed by atoms with Gasteiger partial charge in [-0.15, -0.1) is 11.3 Å². The molecule has 0 N–H and O–H groups in total. The third-order valence-electron chi connectivity index (χ3n) is 17.0. The van der Waals surface area contributed by atoms with E-state index in [9.17, 15) is 0 Å². The molecule has 0 radical (unpaired) electrons. The van der Waals surface area contributed by atoms with Crippen molar-refractivity contribution in [1.82, 2.24) is 0 Å². The van der Waals surface area contributed by atoms with Gasteiger partial charge in [-0.2, -0.15) is 0 Å². The van der Waals surface area contributed by atoms with Gasteiger partial charge in [-0.1, -0.05) is 226 Å². The lowest BCUT2D eigenvalue weighted by Gasteiger charge is -2.50. The van der Waals surface area contributed by atoms with Crippen LogP contribution in [0.1, 0.15) is 88.1 Å². The number of hydrogen-bond acceptors (Lipinski definition) is 2. The van der Waals surface area contributed by atoms with Crippen molar-refractivity contribution >= 4 is 50.1 Å². The van der Waals surface area contributed by atoms with Crippen molar-refractivity contribution in [2.45, 2.75) is 50.4 Å². The molecular weight excluding hydrogens is 959 g/mol. The molecule has 0 bridgehead atoms. The second kappa shape index (κ2) is 19.6. The predicted molar refractivity (Wildman–Crippen MR) is 331 cm³/mol. The summed E-state index contributed by atoms with van der Waals surface area (Å²) in [5.74, 6) is 0. The quantitative estimate of drug-likeness (QED) is 0.147. The number of fused-ring (bicyclic) bond motifs is 11. The molecule has 4 aliphatic rings. The molecule has 2 heteroatoms. The van der Waals surface area contributed by atoms with Crippen LogP contribution in [-0.2, 0) is 17.3 Å². The molecule has 0 atom stereocenters. The monoisotopic (exact) mass is 1020 g/mol. The lowest BCUT2D eigenvalue weighted by atomic mass is 9.51. The van der Waals surface area contributed by atoms with E-state index in [-0.39, 0.29) is 0 Å². The third kappa shape index (κ3) is 7.42. The van der Waals surface area contributed by atoms with E-state index in [4.69, 9.17) is 0 Å². The van der Waals surface area contributed by atoms with Gasteiger partial charge in [0.2, 0.25) is 0 Å². The Morgan fingerprint density at radius 2 is 0.808 bits per heavy atom. The Kier molecular flexibility index (Phi) is 12.0. The fraction of sp³-hybridized carbons (Fsp3) is 0.105. The van der Waals surface area contributed by atoms with Crippen LogP contribution in [0.2, 0.25) is 0 Å². The van der Waals surface area contributed by atoms with Gasteiger partial charge in [-0.05, 0) is 186 Å². The van der Waals surface area contributed by atoms with Gasteiger partial charge in [-0.25, -0.2) is 0 Å². The first-order chi connectivity index (χ1) is 38.7. The molecule has 374 valence electrons. The van der Waals surface area contributed by atoms with Gasteiger partial charge in [0, 0.05) is 26.6 Å². The number of hydrogen-bond donors (Lipinski definition) is 0. The molecule has 0 saturated carbocycles. The first-order valence-corrected chi connectivity index (χ1v) is 28.7. The molecule has 15 rings (SSSR count). The highest BCUT2D eigenvalue weighted by Gasteiger charge is 2.57. The van der Waals surface area contributed by atoms with E-state index in [0.29, 0.717) is 0 Å². The van der Waals surface area contributed by atoms with Gasteiger partial charge in [0.05, 0.1) is 10.8 Å². The minimum Gasteiger partial charge on any atom is -0.311 e. The topological polar surface area (TPSA) is 3.24 Å². The first kappa shape index (κ1) is 47.6. The van der Waals surface area contributed by atoms with Gasteiger partial charge in [0.25, 0.3) is 0 Å². The van der Waals surface area contributed by atoms with E-state index >= 15 is 0 Å². The number of benzene rings is 10. The maximum absolute atomic E-state index is 2.49. The van der Waals surface area contributed by atoms with Crippen molar-refractivity contribution in [3.63, 3.8) is 0 Å². The average molecular weight is 1020 g/mol. The Hall–Kier alpha value is -8.82. The summed E-state index contributed by atoms with van der Waals surface area (Å²) in [7, 11) is 0. The molecule has 0 unspecified atom stereocenters. The molecule has 10 aromatic carbocycles. The maximum Gasteiger partial charge on any atom is 0.0708 e. The molecular formula is C76H59NS. The van der Waals surface area contributed by atoms with Crippen molar-refractivity contribution in [2.75, 3.05) is 4.90 Å². The number of aryl methyl sites for hydroxylation is 1. The molecule has 0 aliphatic heterocycles. The molecule has 1 aromatic heterocycles. The first-order valence-electron chi connectivity index (χ1n) is 27.9. The van der Waals surface area contributed by atoms with Crippen molar-refractivity contribution in [3.8, 4) is 33.4 Å². The summed E-state index contributed by atoms with van der Waals surface area (Å²) in [5, 5.41) is 1.40. The number of nitrogens with zero attached hydrogens (tertiary/aromatic N) is 1. The Labute approximate surface area is 463 Å². The number of anilines is 3. The SMILES string of the molecule is C1=CC2=C(CC1)C1(c3ccc(-c4ccc(N(c5ccc(-c6ccccc6)cc5)c5ccc(-c6ccc7sc8c(c7c6)CCC=C8)cc5)cc4)cc32)c2ccccc2C(c2ccccc2)(c2ccccc2)c2ccccc21.CC. The van der Waals surface area contributed by atoms with Gasteiger partial charge in [0.15, 0.2) is 0 Å². The van der Waals surface area contributed by atoms with E-state index < -0.39 is 10.8 Å². The van der Waals surface area contributed by atoms with Gasteiger partial charge >= 0.3 is 0 Å². The normalized spacial score (nSPS) is 14.9. The minimum absolute atomic E-state index is 0.447. The molecule has 1 spiro atoms. The largest absolute Gasteiger partial charge is 0.311 e. The summed E-state index contributed by atoms with van der Waals surface area (Å²) < 4.78 is 1.37. The van der Waals surface area contributed by atoms with Gasteiger partial charge < -0.3 is 4.90 Å². The summed E-state index contributed by atoms with van der Waals surface area (Å²) in [4.78, 5) is 3.81. The summed E-state index contributed by atoms with van der Waals surface area (Å²) in [6, 6.07) is 93.6. The van der Waals surface area contributed by atoms with Crippen molar-refractivity contribution < 1.29 is 0 Å². The summed E-state index contributed by atoms with van der Waals surface area (Å²) >= 11 is 1.91. The van der Waals surface area contributed by atoms with Crippen LogP contribution in [0, 0.1) is 0 Å². The molecule has 0 saturated heterocycles. The number of allylic oxidation sites excluding steroid dienone is 5. The molecule has 4 aliphatic carbocycles. The molecule has 0 amide bonds. The average Bonchev–Trinajstić information content (AvgIpc) is 3.76. The van der Waals surface area contributed by atoms with Crippen LogP contribution in [0.5, 0.6) is 0 Å². The van der Waals surface area contributed by atoms with Crippen LogP contribution < -0.4 is 4.90 Å². The van der Waals surface area contributed by atoms with E-state index in [0.717, 1.165) is 42.7 Å². The van der Waals surface area contributed by atoms with Crippen molar-refractivity contribution in [2.24, 2.45) is 0 Å². The Bertz CT molecular complexity index is 4030. The fourth-order valence-electron chi connectivity index (χ4n) is 13.7. The predicted octanol–water partition coefficient (Wildman–Crippen LogP) is 20.5. The minimum atomic E-state index is -0.507. The standard InChI is InChI=1S/C74H53NS.C2H6/c1-4-18-50(19-5-1)51-32-40-58(41-33-51)75(60-44-36-53(37-45-60)55-39-47-72-64(49-55)62-25-11-17-31-71(62)76-72)59-42-34-52(35-43-59)54-38-46-66-63(48-54)61-24-10-12-26-65(61)74(66)69-29-15-13-27-67(69)73(56-20-6-2-7-21-56,57-22-8-3-9-23-57)68-28-14-16-30-70(68)74;1-2/h1-10,13-24,27-49H,11-12,25-26H2;1-2H3. The molecule has 11 aromatic rings. The molecule has 78 heavy (non-hydrogen) atoms. The van der Waals surface area contributed by atoms with Crippen LogP contribution in [0.15, 0.2) is 273 Å². The van der Waals surface area contributed by atoms with Crippen molar-refractivity contribution in [3.05, 3.63) is 327 Å². The van der Waals surface area contributed by atoms with E-state index in [1.54, 1.807) is 0 Å². The van der Waals surface area contributed by atoms with Crippen molar-refractivity contribution in [1.29, 1.82) is 0 Å². The van der Waals surface area contributed by atoms with Crippen LogP contribution in [0.25, 0.3) is 55.1 Å². The van der Waals surface area contributed by atoms with Crippen LogP contribution in [0.3, 0.4) is 0 Å². The lowest BCUT2D eigenvalue weighted by molar-refractivity contribution is 0.599. The summed E-state index contributed by atoms with van der Waals surface area (Å²) in [5.41, 5.74) is 24.8. The molecule has 1 nitrogen and oxygen atoms in total. The van der Waals surface area contributed by atoms with Crippen LogP contribution >= 0.6 is 11.3 Å². The highest BCUT2D eigenvalue weighted by atomic mass is 32.1. The summed E-state index contributed by atoms with van der Waals surface area (Å²) in [6.45, 7) is 4.00. The Morgan fingerprint density at radius 1 is 0.372 bits per heavy atom. The second-order valence-corrected chi connectivity index (χ2v) is 21.9. The van der Waals surface area contributed by atoms with Gasteiger partial charge in [0.1, 0.15) is 0 Å². The van der Waals surface area contributed by atoms with Crippen LogP contribution in [-0.4, -0.2) is 0 Å². The van der Waals surface area contributed by atoms with E-state index in [2.05, 4.69) is 278 Å². The smallest absolute Gasteiger partial charge is 0.0708 e. The highest BCUT2D eigenvalue weighted by Crippen LogP contribution is 2.65. The molecule has 0 fully saturated rings. The van der Waals surface area contributed by atoms with E-state index in [1.165, 1.54) is 110 Å². The number of rotatable bonds is 8. The molecule has 1 heterocycles. The lowest BCUT2D eigenvalue weighted by Crippen LogP contribution is -2.45. The number of thiophene rings is 1. The fourth-order valence-corrected chi connectivity index (χ4v) is 14.9.